The maximum Gasteiger partial charge on any atom is 0.343 e. The predicted molar refractivity (Wildman–Crippen MR) is 130 cm³/mol. The molecule has 0 aliphatic carbocycles. The molecule has 1 aliphatic rings. The quantitative estimate of drug-likeness (QED) is 0.235. The van der Waals surface area contributed by atoms with Crippen LogP contribution in [-0.4, -0.2) is 31.5 Å². The van der Waals surface area contributed by atoms with Crippen LogP contribution in [-0.2, 0) is 10.2 Å². The van der Waals surface area contributed by atoms with Gasteiger partial charge < -0.3 is 18.9 Å². The Labute approximate surface area is 203 Å². The molecule has 0 radical (unpaired) electrons. The molecule has 3 aromatic rings. The maximum atomic E-state index is 12.4. The molecule has 0 unspecified atom stereocenters. The van der Waals surface area contributed by atoms with Gasteiger partial charge in [0.05, 0.1) is 11.8 Å². The largest absolute Gasteiger partial charge is 0.484 e. The zero-order valence-electron chi connectivity index (χ0n) is 19.7. The van der Waals surface area contributed by atoms with Gasteiger partial charge >= 0.3 is 5.97 Å². The van der Waals surface area contributed by atoms with Gasteiger partial charge in [-0.15, -0.1) is 0 Å². The third-order valence-electron chi connectivity index (χ3n) is 5.19. The molecule has 35 heavy (non-hydrogen) atoms. The van der Waals surface area contributed by atoms with Gasteiger partial charge in [0.15, 0.2) is 18.1 Å². The summed E-state index contributed by atoms with van der Waals surface area (Å²) in [4.78, 5) is 24.4. The fourth-order valence-electron chi connectivity index (χ4n) is 3.22. The molecule has 0 fully saturated rings. The lowest BCUT2D eigenvalue weighted by Crippen LogP contribution is -2.24. The summed E-state index contributed by atoms with van der Waals surface area (Å²) in [5.41, 5.74) is 4.74. The van der Waals surface area contributed by atoms with Gasteiger partial charge in [0, 0.05) is 0 Å². The van der Waals surface area contributed by atoms with Crippen molar-refractivity contribution in [1.82, 2.24) is 5.43 Å². The number of hydrogen-bond acceptors (Lipinski definition) is 7. The van der Waals surface area contributed by atoms with Crippen molar-refractivity contribution in [1.29, 1.82) is 0 Å². The molecule has 1 amide bonds. The number of amides is 1. The first kappa shape index (κ1) is 23.8. The molecule has 4 rings (SSSR count). The normalized spacial score (nSPS) is 12.4. The highest BCUT2D eigenvalue weighted by Crippen LogP contribution is 2.32. The van der Waals surface area contributed by atoms with Crippen LogP contribution in [0.2, 0.25) is 0 Å². The van der Waals surface area contributed by atoms with Gasteiger partial charge in [-0.1, -0.05) is 32.9 Å². The van der Waals surface area contributed by atoms with Crippen molar-refractivity contribution in [3.05, 3.63) is 83.4 Å². The minimum Gasteiger partial charge on any atom is -0.484 e. The van der Waals surface area contributed by atoms with Crippen molar-refractivity contribution < 1.29 is 28.5 Å². The van der Waals surface area contributed by atoms with Crippen LogP contribution in [0.25, 0.3) is 0 Å². The summed E-state index contributed by atoms with van der Waals surface area (Å²) >= 11 is 0. The van der Waals surface area contributed by atoms with Crippen LogP contribution in [0.15, 0.2) is 71.8 Å². The highest BCUT2D eigenvalue weighted by molar-refractivity contribution is 5.92. The summed E-state index contributed by atoms with van der Waals surface area (Å²) in [6.45, 7) is 6.39. The Morgan fingerprint density at radius 3 is 2.34 bits per heavy atom. The Bertz CT molecular complexity index is 1230. The average Bonchev–Trinajstić information content (AvgIpc) is 3.31. The lowest BCUT2D eigenvalue weighted by Gasteiger charge is -2.19. The number of nitrogens with one attached hydrogen (secondary N) is 1. The zero-order valence-corrected chi connectivity index (χ0v) is 19.7. The Morgan fingerprint density at radius 1 is 0.943 bits per heavy atom. The van der Waals surface area contributed by atoms with E-state index in [-0.39, 0.29) is 24.7 Å². The van der Waals surface area contributed by atoms with Gasteiger partial charge in [-0.05, 0) is 71.1 Å². The number of carbonyl (C=O) groups is 2. The SMILES string of the molecule is CC(C)(C)c1ccc(OCC(=O)N/N=C\c2ccc(OC(=O)c3ccc4c(c3)OCO4)cc2)cc1. The van der Waals surface area contributed by atoms with Crippen LogP contribution < -0.4 is 24.4 Å². The van der Waals surface area contributed by atoms with Gasteiger partial charge in [0.1, 0.15) is 11.5 Å². The second-order valence-corrected chi connectivity index (χ2v) is 8.88. The van der Waals surface area contributed by atoms with E-state index in [1.807, 2.05) is 24.3 Å². The van der Waals surface area contributed by atoms with Crippen molar-refractivity contribution in [3.8, 4) is 23.0 Å². The molecule has 1 N–H and O–H groups in total. The third-order valence-corrected chi connectivity index (χ3v) is 5.19. The maximum absolute atomic E-state index is 12.4. The monoisotopic (exact) mass is 474 g/mol. The second kappa shape index (κ2) is 10.3. The van der Waals surface area contributed by atoms with Crippen molar-refractivity contribution >= 4 is 18.1 Å². The van der Waals surface area contributed by atoms with Gasteiger partial charge in [-0.2, -0.15) is 5.10 Å². The number of rotatable bonds is 7. The number of nitrogens with zero attached hydrogens (tertiary/aromatic N) is 1. The van der Waals surface area contributed by atoms with Crippen molar-refractivity contribution in [2.45, 2.75) is 26.2 Å². The van der Waals surface area contributed by atoms with Crippen LogP contribution in [0.1, 0.15) is 42.3 Å². The standard InChI is InChI=1S/C27H26N2O6/c1-27(2,3)20-7-11-21(12-8-20)32-16-25(30)29-28-15-18-4-9-22(10-5-18)35-26(31)19-6-13-23-24(14-19)34-17-33-23/h4-15H,16-17H2,1-3H3,(H,29,30)/b28-15-. The molecular weight excluding hydrogens is 448 g/mol. The number of hydrogen-bond donors (Lipinski definition) is 1. The lowest BCUT2D eigenvalue weighted by atomic mass is 9.87. The third kappa shape index (κ3) is 6.38. The molecule has 0 aromatic heterocycles. The molecule has 1 heterocycles. The number of hydrazone groups is 1. The number of fused-ring (bicyclic) bond motifs is 1. The fraction of sp³-hybridized carbons (Fsp3) is 0.222. The molecule has 8 nitrogen and oxygen atoms in total. The molecule has 0 bridgehead atoms. The van der Waals surface area contributed by atoms with Gasteiger partial charge in [-0.3, -0.25) is 4.79 Å². The Balaban J connectivity index is 1.23. The van der Waals surface area contributed by atoms with Gasteiger partial charge in [0.2, 0.25) is 6.79 Å². The minimum absolute atomic E-state index is 0.0532. The average molecular weight is 475 g/mol. The van der Waals surface area contributed by atoms with E-state index in [2.05, 4.69) is 31.3 Å². The van der Waals surface area contributed by atoms with Gasteiger partial charge in [-0.25, -0.2) is 10.2 Å². The smallest absolute Gasteiger partial charge is 0.343 e. The van der Waals surface area contributed by atoms with Crippen LogP contribution >= 0.6 is 0 Å². The van der Waals surface area contributed by atoms with E-state index in [1.54, 1.807) is 42.5 Å². The molecule has 0 saturated carbocycles. The van der Waals surface area contributed by atoms with Crippen molar-refractivity contribution in [3.63, 3.8) is 0 Å². The van der Waals surface area contributed by atoms with Crippen LogP contribution in [0, 0.1) is 0 Å². The Morgan fingerprint density at radius 2 is 1.63 bits per heavy atom. The summed E-state index contributed by atoms with van der Waals surface area (Å²) in [6, 6.07) is 19.2. The van der Waals surface area contributed by atoms with Crippen LogP contribution in [0.5, 0.6) is 23.0 Å². The first-order valence-electron chi connectivity index (χ1n) is 11.0. The fourth-order valence-corrected chi connectivity index (χ4v) is 3.22. The van der Waals surface area contributed by atoms with E-state index < -0.39 is 5.97 Å². The Hall–Kier alpha value is -4.33. The number of benzene rings is 3. The molecule has 0 atom stereocenters. The highest BCUT2D eigenvalue weighted by atomic mass is 16.7. The molecular formula is C27H26N2O6. The molecule has 1 aliphatic heterocycles. The summed E-state index contributed by atoms with van der Waals surface area (Å²) in [5.74, 6) is 1.21. The second-order valence-electron chi connectivity index (χ2n) is 8.88. The number of esters is 1. The predicted octanol–water partition coefficient (Wildman–Crippen LogP) is 4.46. The Kier molecular flexibility index (Phi) is 7.01. The summed E-state index contributed by atoms with van der Waals surface area (Å²) in [6.07, 6.45) is 1.49. The van der Waals surface area contributed by atoms with Gasteiger partial charge in [0.25, 0.3) is 5.91 Å². The first-order chi connectivity index (χ1) is 16.8. The first-order valence-corrected chi connectivity index (χ1v) is 11.0. The molecule has 3 aromatic carbocycles. The lowest BCUT2D eigenvalue weighted by molar-refractivity contribution is -0.123. The molecule has 0 spiro atoms. The highest BCUT2D eigenvalue weighted by Gasteiger charge is 2.17. The summed E-state index contributed by atoms with van der Waals surface area (Å²) < 4.78 is 21.4. The summed E-state index contributed by atoms with van der Waals surface area (Å²) in [7, 11) is 0. The summed E-state index contributed by atoms with van der Waals surface area (Å²) in [5, 5.41) is 3.93. The zero-order chi connectivity index (χ0) is 24.8. The van der Waals surface area contributed by atoms with E-state index in [1.165, 1.54) is 11.8 Å². The number of carbonyl (C=O) groups excluding carboxylic acids is 2. The molecule has 8 heteroatoms. The number of ether oxygens (including phenoxy) is 4. The van der Waals surface area contributed by atoms with Crippen LogP contribution in [0.4, 0.5) is 0 Å². The minimum atomic E-state index is -0.509. The topological polar surface area (TPSA) is 95.5 Å². The van der Waals surface area contributed by atoms with E-state index >= 15 is 0 Å². The van der Waals surface area contributed by atoms with E-state index in [0.29, 0.717) is 34.1 Å². The van der Waals surface area contributed by atoms with Crippen molar-refractivity contribution in [2.24, 2.45) is 5.10 Å². The van der Waals surface area contributed by atoms with Crippen LogP contribution in [0.3, 0.4) is 0 Å². The van der Waals surface area contributed by atoms with E-state index in [0.717, 1.165) is 0 Å². The van der Waals surface area contributed by atoms with Crippen molar-refractivity contribution in [2.75, 3.05) is 13.4 Å². The molecule has 180 valence electrons. The van der Waals surface area contributed by atoms with E-state index in [9.17, 15) is 9.59 Å². The molecule has 0 saturated heterocycles. The van der Waals surface area contributed by atoms with E-state index in [4.69, 9.17) is 18.9 Å².